The highest BCUT2D eigenvalue weighted by molar-refractivity contribution is 5.97. The van der Waals surface area contributed by atoms with Gasteiger partial charge in [-0.25, -0.2) is 0 Å². The standard InChI is InChI=1S/C17H16F2N2O4/c18-17(19)25-13-3-1-10-5-11(7-20-15(10)6-13)16(23)21-12-2-4-14(8-22)24-9-12/h1,3,5-8,12,14,17H,2,4,9H2,(H,21,23)/t12?,14-/m0/s1. The second-order valence-electron chi connectivity index (χ2n) is 5.71. The number of hydrogen-bond donors (Lipinski definition) is 1. The first kappa shape index (κ1) is 17.2. The zero-order valence-corrected chi connectivity index (χ0v) is 13.2. The molecule has 1 aromatic carbocycles. The zero-order chi connectivity index (χ0) is 17.8. The number of fused-ring (bicyclic) bond motifs is 1. The van der Waals surface area contributed by atoms with E-state index in [4.69, 9.17) is 4.74 Å². The fourth-order valence-electron chi connectivity index (χ4n) is 2.66. The minimum atomic E-state index is -2.90. The third kappa shape index (κ3) is 4.27. The Kier molecular flexibility index (Phi) is 5.18. The van der Waals surface area contributed by atoms with Gasteiger partial charge < -0.3 is 19.6 Å². The number of aromatic nitrogens is 1. The Hall–Kier alpha value is -2.61. The number of rotatable bonds is 5. The van der Waals surface area contributed by atoms with E-state index in [-0.39, 0.29) is 24.3 Å². The predicted octanol–water partition coefficient (Wildman–Crippen LogP) is 2.31. The number of alkyl halides is 2. The van der Waals surface area contributed by atoms with E-state index in [9.17, 15) is 18.4 Å². The Labute approximate surface area is 142 Å². The van der Waals surface area contributed by atoms with Crippen molar-refractivity contribution < 1.29 is 27.8 Å². The van der Waals surface area contributed by atoms with E-state index < -0.39 is 12.7 Å². The van der Waals surface area contributed by atoms with Gasteiger partial charge in [0.1, 0.15) is 18.1 Å². The van der Waals surface area contributed by atoms with E-state index in [2.05, 4.69) is 15.0 Å². The van der Waals surface area contributed by atoms with Crippen LogP contribution in [0.1, 0.15) is 23.2 Å². The Bertz CT molecular complexity index is 776. The van der Waals surface area contributed by atoms with Crippen LogP contribution in [0.25, 0.3) is 10.9 Å². The van der Waals surface area contributed by atoms with Crippen LogP contribution in [0.15, 0.2) is 30.5 Å². The second-order valence-corrected chi connectivity index (χ2v) is 5.71. The molecule has 1 aliphatic heterocycles. The van der Waals surface area contributed by atoms with E-state index in [1.54, 1.807) is 12.1 Å². The van der Waals surface area contributed by atoms with Crippen molar-refractivity contribution in [2.24, 2.45) is 0 Å². The quantitative estimate of drug-likeness (QED) is 0.838. The van der Waals surface area contributed by atoms with E-state index in [0.29, 0.717) is 29.3 Å². The predicted molar refractivity (Wildman–Crippen MR) is 84.7 cm³/mol. The van der Waals surface area contributed by atoms with Gasteiger partial charge in [0, 0.05) is 17.6 Å². The normalized spacial score (nSPS) is 20.4. The number of nitrogens with zero attached hydrogens (tertiary/aromatic N) is 1. The van der Waals surface area contributed by atoms with Gasteiger partial charge in [0.2, 0.25) is 0 Å². The van der Waals surface area contributed by atoms with Crippen molar-refractivity contribution in [1.82, 2.24) is 10.3 Å². The molecule has 1 amide bonds. The Morgan fingerprint density at radius 2 is 2.20 bits per heavy atom. The van der Waals surface area contributed by atoms with Crippen LogP contribution < -0.4 is 10.1 Å². The van der Waals surface area contributed by atoms with Gasteiger partial charge in [0.25, 0.3) is 5.91 Å². The smallest absolute Gasteiger partial charge is 0.387 e. The molecule has 0 bridgehead atoms. The fourth-order valence-corrected chi connectivity index (χ4v) is 2.66. The summed E-state index contributed by atoms with van der Waals surface area (Å²) in [6.07, 6.45) is 2.96. The maximum absolute atomic E-state index is 12.3. The molecule has 1 fully saturated rings. The van der Waals surface area contributed by atoms with Crippen LogP contribution in [-0.2, 0) is 9.53 Å². The third-order valence-corrected chi connectivity index (χ3v) is 3.94. The highest BCUT2D eigenvalue weighted by atomic mass is 19.3. The molecule has 0 spiro atoms. The molecule has 8 heteroatoms. The number of carbonyl (C=O) groups is 2. The molecule has 1 N–H and O–H groups in total. The van der Waals surface area contributed by atoms with Crippen molar-refractivity contribution in [3.8, 4) is 5.75 Å². The number of carbonyl (C=O) groups excluding carboxylic acids is 2. The first-order chi connectivity index (χ1) is 12.0. The Morgan fingerprint density at radius 1 is 1.36 bits per heavy atom. The summed E-state index contributed by atoms with van der Waals surface area (Å²) in [6.45, 7) is -2.62. The average Bonchev–Trinajstić information content (AvgIpc) is 2.61. The molecule has 1 unspecified atom stereocenters. The molecule has 1 aliphatic rings. The molecule has 0 radical (unpaired) electrons. The number of benzene rings is 1. The maximum Gasteiger partial charge on any atom is 0.387 e. The second kappa shape index (κ2) is 7.52. The molecule has 3 rings (SSSR count). The molecule has 0 aliphatic carbocycles. The van der Waals surface area contributed by atoms with E-state index in [0.717, 1.165) is 6.29 Å². The van der Waals surface area contributed by atoms with Gasteiger partial charge in [0.05, 0.1) is 23.7 Å². The van der Waals surface area contributed by atoms with Gasteiger partial charge in [0.15, 0.2) is 0 Å². The van der Waals surface area contributed by atoms with Gasteiger partial charge in [-0.1, -0.05) is 0 Å². The Balaban J connectivity index is 1.68. The number of hydrogen-bond acceptors (Lipinski definition) is 5. The average molecular weight is 350 g/mol. The molecule has 1 saturated heterocycles. The highest BCUT2D eigenvalue weighted by Crippen LogP contribution is 2.22. The third-order valence-electron chi connectivity index (χ3n) is 3.94. The van der Waals surface area contributed by atoms with Crippen LogP contribution in [0.5, 0.6) is 5.75 Å². The van der Waals surface area contributed by atoms with Crippen LogP contribution in [0, 0.1) is 0 Å². The van der Waals surface area contributed by atoms with Gasteiger partial charge in [-0.05, 0) is 31.0 Å². The Morgan fingerprint density at radius 3 is 2.88 bits per heavy atom. The molecular weight excluding hydrogens is 334 g/mol. The van der Waals surface area contributed by atoms with Crippen molar-refractivity contribution in [2.75, 3.05) is 6.61 Å². The van der Waals surface area contributed by atoms with Crippen molar-refractivity contribution in [3.05, 3.63) is 36.0 Å². The van der Waals surface area contributed by atoms with Crippen LogP contribution in [0.3, 0.4) is 0 Å². The molecule has 2 heterocycles. The lowest BCUT2D eigenvalue weighted by molar-refractivity contribution is -0.121. The highest BCUT2D eigenvalue weighted by Gasteiger charge is 2.23. The lowest BCUT2D eigenvalue weighted by atomic mass is 10.1. The summed E-state index contributed by atoms with van der Waals surface area (Å²) in [7, 11) is 0. The number of aldehydes is 1. The zero-order valence-electron chi connectivity index (χ0n) is 13.2. The van der Waals surface area contributed by atoms with Crippen LogP contribution in [-0.4, -0.2) is 42.5 Å². The monoisotopic (exact) mass is 350 g/mol. The molecule has 2 atom stereocenters. The molecule has 6 nitrogen and oxygen atoms in total. The van der Waals surface area contributed by atoms with Gasteiger partial charge in [-0.15, -0.1) is 0 Å². The van der Waals surface area contributed by atoms with E-state index >= 15 is 0 Å². The number of nitrogens with one attached hydrogen (secondary N) is 1. The molecule has 132 valence electrons. The summed E-state index contributed by atoms with van der Waals surface area (Å²) in [5.74, 6) is -0.295. The summed E-state index contributed by atoms with van der Waals surface area (Å²) in [4.78, 5) is 27.1. The minimum Gasteiger partial charge on any atom is -0.435 e. The molecule has 0 saturated carbocycles. The van der Waals surface area contributed by atoms with Crippen LogP contribution >= 0.6 is 0 Å². The summed E-state index contributed by atoms with van der Waals surface area (Å²) in [6, 6.07) is 5.81. The minimum absolute atomic E-state index is 0.0105. The van der Waals surface area contributed by atoms with Gasteiger partial charge in [-0.3, -0.25) is 9.78 Å². The lowest BCUT2D eigenvalue weighted by Gasteiger charge is -2.26. The molecular formula is C17H16F2N2O4. The van der Waals surface area contributed by atoms with E-state index in [1.165, 1.54) is 18.3 Å². The van der Waals surface area contributed by atoms with Crippen LogP contribution in [0.2, 0.25) is 0 Å². The van der Waals surface area contributed by atoms with E-state index in [1.807, 2.05) is 0 Å². The first-order valence-corrected chi connectivity index (χ1v) is 7.77. The number of pyridine rings is 1. The molecule has 2 aromatic rings. The fraction of sp³-hybridized carbons (Fsp3) is 0.353. The van der Waals surface area contributed by atoms with Gasteiger partial charge in [-0.2, -0.15) is 8.78 Å². The van der Waals surface area contributed by atoms with Crippen molar-refractivity contribution in [3.63, 3.8) is 0 Å². The van der Waals surface area contributed by atoms with Crippen LogP contribution in [0.4, 0.5) is 8.78 Å². The van der Waals surface area contributed by atoms with Gasteiger partial charge >= 0.3 is 6.61 Å². The number of halogens is 2. The first-order valence-electron chi connectivity index (χ1n) is 7.77. The van der Waals surface area contributed by atoms with Crippen molar-refractivity contribution in [1.29, 1.82) is 0 Å². The summed E-state index contributed by atoms with van der Waals surface area (Å²) in [5, 5.41) is 3.47. The largest absolute Gasteiger partial charge is 0.435 e. The number of amides is 1. The maximum atomic E-state index is 12.3. The topological polar surface area (TPSA) is 77.5 Å². The van der Waals surface area contributed by atoms with Crippen molar-refractivity contribution >= 4 is 23.1 Å². The summed E-state index contributed by atoms with van der Waals surface area (Å²) < 4.78 is 34.1. The molecule has 1 aromatic heterocycles. The lowest BCUT2D eigenvalue weighted by Crippen LogP contribution is -2.43. The SMILES string of the molecule is O=C[C@@H]1CCC(NC(=O)c2cnc3cc(OC(F)F)ccc3c2)CO1. The number of ether oxygens (including phenoxy) is 2. The van der Waals surface area contributed by atoms with Crippen molar-refractivity contribution in [2.45, 2.75) is 31.6 Å². The summed E-state index contributed by atoms with van der Waals surface area (Å²) in [5.41, 5.74) is 0.803. The molecule has 25 heavy (non-hydrogen) atoms. The summed E-state index contributed by atoms with van der Waals surface area (Å²) >= 11 is 0.